The van der Waals surface area contributed by atoms with Crippen LogP contribution in [0, 0.1) is 13.8 Å². The summed E-state index contributed by atoms with van der Waals surface area (Å²) in [6.45, 7) is 11.3. The third-order valence-electron chi connectivity index (χ3n) is 6.66. The molecule has 2 heterocycles. The maximum Gasteiger partial charge on any atom is 0.295 e. The summed E-state index contributed by atoms with van der Waals surface area (Å²) < 4.78 is 1.94. The zero-order chi connectivity index (χ0) is 25.3. The van der Waals surface area contributed by atoms with Crippen LogP contribution in [0.1, 0.15) is 61.1 Å². The normalized spacial score (nSPS) is 17.9. The average molecular weight is 472 g/mol. The second-order valence-electron chi connectivity index (χ2n) is 10.3. The molecule has 0 saturated carbocycles. The summed E-state index contributed by atoms with van der Waals surface area (Å²) in [4.78, 5) is 32.2. The van der Waals surface area contributed by atoms with E-state index in [1.165, 1.54) is 0 Å². The molecule has 1 atom stereocenters. The molecule has 0 bridgehead atoms. The van der Waals surface area contributed by atoms with Crippen molar-refractivity contribution in [1.29, 1.82) is 0 Å². The number of hydrogen-bond acceptors (Lipinski definition) is 4. The molecule has 0 radical (unpaired) electrons. The number of imidazole rings is 1. The standard InChI is InChI=1S/C29H33N3O3/c1-19-7-8-20(2)23(17-19)26(33)24-25(21-9-11-22(12-10-21)29(3,4)5)32(28(35)27(24)34)15-6-14-31-16-13-30-18-31/h7-13,16-18,25,33H,6,14-15H2,1-5H3. The predicted molar refractivity (Wildman–Crippen MR) is 137 cm³/mol. The van der Waals surface area contributed by atoms with E-state index in [0.717, 1.165) is 22.3 Å². The number of aliphatic hydroxyl groups is 1. The summed E-state index contributed by atoms with van der Waals surface area (Å²) in [5.41, 5.74) is 4.50. The number of rotatable bonds is 6. The molecule has 6 heteroatoms. The van der Waals surface area contributed by atoms with Crippen LogP contribution in [0.25, 0.3) is 5.76 Å². The van der Waals surface area contributed by atoms with Crippen molar-refractivity contribution in [3.63, 3.8) is 0 Å². The lowest BCUT2D eigenvalue weighted by molar-refractivity contribution is -0.139. The van der Waals surface area contributed by atoms with E-state index in [-0.39, 0.29) is 16.7 Å². The summed E-state index contributed by atoms with van der Waals surface area (Å²) in [5, 5.41) is 11.4. The molecule has 0 aliphatic carbocycles. The van der Waals surface area contributed by atoms with E-state index in [2.05, 4.69) is 25.8 Å². The Morgan fingerprint density at radius 3 is 2.37 bits per heavy atom. The molecule has 6 nitrogen and oxygen atoms in total. The number of aliphatic hydroxyl groups excluding tert-OH is 1. The van der Waals surface area contributed by atoms with Gasteiger partial charge in [-0.05, 0) is 48.4 Å². The van der Waals surface area contributed by atoms with E-state index in [1.807, 2.05) is 67.1 Å². The van der Waals surface area contributed by atoms with Gasteiger partial charge in [0.05, 0.1) is 17.9 Å². The number of aryl methyl sites for hydroxylation is 3. The van der Waals surface area contributed by atoms with Crippen molar-refractivity contribution >= 4 is 17.4 Å². The number of ketones is 1. The van der Waals surface area contributed by atoms with Crippen molar-refractivity contribution in [3.05, 3.63) is 94.6 Å². The van der Waals surface area contributed by atoms with Crippen molar-refractivity contribution in [3.8, 4) is 0 Å². The second-order valence-corrected chi connectivity index (χ2v) is 10.3. The van der Waals surface area contributed by atoms with E-state index < -0.39 is 17.7 Å². The Bertz CT molecular complexity index is 1270. The van der Waals surface area contributed by atoms with Gasteiger partial charge in [-0.2, -0.15) is 0 Å². The number of carbonyl (C=O) groups excluding carboxylic acids is 2. The number of hydrogen-bond donors (Lipinski definition) is 1. The summed E-state index contributed by atoms with van der Waals surface area (Å²) in [7, 11) is 0. The topological polar surface area (TPSA) is 75.4 Å². The Morgan fingerprint density at radius 2 is 1.74 bits per heavy atom. The van der Waals surface area contributed by atoms with Crippen LogP contribution in [0.15, 0.2) is 66.8 Å². The highest BCUT2D eigenvalue weighted by molar-refractivity contribution is 6.46. The van der Waals surface area contributed by atoms with Gasteiger partial charge in [0.15, 0.2) is 0 Å². The summed E-state index contributed by atoms with van der Waals surface area (Å²) >= 11 is 0. The van der Waals surface area contributed by atoms with Crippen molar-refractivity contribution in [2.24, 2.45) is 0 Å². The number of aromatic nitrogens is 2. The zero-order valence-corrected chi connectivity index (χ0v) is 21.1. The Morgan fingerprint density at radius 1 is 1.03 bits per heavy atom. The van der Waals surface area contributed by atoms with Crippen LogP contribution in [0.2, 0.25) is 0 Å². The zero-order valence-electron chi connectivity index (χ0n) is 21.1. The third-order valence-corrected chi connectivity index (χ3v) is 6.66. The van der Waals surface area contributed by atoms with Crippen LogP contribution >= 0.6 is 0 Å². The Hall–Kier alpha value is -3.67. The highest BCUT2D eigenvalue weighted by atomic mass is 16.3. The maximum absolute atomic E-state index is 13.3. The Labute approximate surface area is 206 Å². The molecule has 35 heavy (non-hydrogen) atoms. The first-order chi connectivity index (χ1) is 16.6. The lowest BCUT2D eigenvalue weighted by Crippen LogP contribution is -2.31. The number of likely N-dealkylation sites (tertiary alicyclic amines) is 1. The van der Waals surface area contributed by atoms with Crippen molar-refractivity contribution in [1.82, 2.24) is 14.5 Å². The van der Waals surface area contributed by atoms with Gasteiger partial charge >= 0.3 is 0 Å². The van der Waals surface area contributed by atoms with Gasteiger partial charge in [0.2, 0.25) is 0 Å². The predicted octanol–water partition coefficient (Wildman–Crippen LogP) is 5.31. The molecule has 2 aromatic carbocycles. The number of benzene rings is 2. The van der Waals surface area contributed by atoms with Gasteiger partial charge in [0.1, 0.15) is 5.76 Å². The van der Waals surface area contributed by atoms with Crippen LogP contribution in [-0.4, -0.2) is 37.8 Å². The summed E-state index contributed by atoms with van der Waals surface area (Å²) in [5.74, 6) is -1.34. The molecular formula is C29H33N3O3. The van der Waals surface area contributed by atoms with Gasteiger partial charge in [-0.3, -0.25) is 9.59 Å². The van der Waals surface area contributed by atoms with E-state index in [9.17, 15) is 14.7 Å². The summed E-state index contributed by atoms with van der Waals surface area (Å²) in [6, 6.07) is 13.1. The molecule has 1 fully saturated rings. The molecular weight excluding hydrogens is 438 g/mol. The van der Waals surface area contributed by atoms with Crippen LogP contribution in [-0.2, 0) is 21.5 Å². The molecule has 4 rings (SSSR count). The number of amides is 1. The minimum Gasteiger partial charge on any atom is -0.507 e. The van der Waals surface area contributed by atoms with E-state index in [0.29, 0.717) is 25.1 Å². The van der Waals surface area contributed by atoms with Crippen LogP contribution in [0.3, 0.4) is 0 Å². The number of carbonyl (C=O) groups is 2. The molecule has 1 N–H and O–H groups in total. The average Bonchev–Trinajstić information content (AvgIpc) is 3.42. The molecule has 1 aliphatic rings. The second kappa shape index (κ2) is 9.53. The highest BCUT2D eigenvalue weighted by Crippen LogP contribution is 2.40. The van der Waals surface area contributed by atoms with Gasteiger partial charge in [0.25, 0.3) is 11.7 Å². The van der Waals surface area contributed by atoms with Gasteiger partial charge in [-0.25, -0.2) is 4.98 Å². The fourth-order valence-electron chi connectivity index (χ4n) is 4.60. The molecule has 182 valence electrons. The molecule has 1 aliphatic heterocycles. The molecule has 1 aromatic heterocycles. The summed E-state index contributed by atoms with van der Waals surface area (Å²) in [6.07, 6.45) is 5.98. The van der Waals surface area contributed by atoms with Crippen LogP contribution in [0.4, 0.5) is 0 Å². The number of nitrogens with zero attached hydrogens (tertiary/aromatic N) is 3. The smallest absolute Gasteiger partial charge is 0.295 e. The largest absolute Gasteiger partial charge is 0.507 e. The molecule has 1 amide bonds. The van der Waals surface area contributed by atoms with E-state index >= 15 is 0 Å². The van der Waals surface area contributed by atoms with E-state index in [4.69, 9.17) is 0 Å². The first-order valence-corrected chi connectivity index (χ1v) is 12.0. The Balaban J connectivity index is 1.78. The lowest BCUT2D eigenvalue weighted by Gasteiger charge is -2.26. The van der Waals surface area contributed by atoms with Crippen LogP contribution in [0.5, 0.6) is 0 Å². The fraction of sp³-hybridized carbons (Fsp3) is 0.345. The maximum atomic E-state index is 13.3. The lowest BCUT2D eigenvalue weighted by atomic mass is 9.85. The Kier molecular flexibility index (Phi) is 6.66. The molecule has 1 saturated heterocycles. The quantitative estimate of drug-likeness (QED) is 0.300. The first-order valence-electron chi connectivity index (χ1n) is 12.0. The van der Waals surface area contributed by atoms with Gasteiger partial charge < -0.3 is 14.6 Å². The van der Waals surface area contributed by atoms with Gasteiger partial charge in [0, 0.05) is 31.0 Å². The van der Waals surface area contributed by atoms with Crippen molar-refractivity contribution < 1.29 is 14.7 Å². The molecule has 0 spiro atoms. The van der Waals surface area contributed by atoms with Crippen molar-refractivity contribution in [2.75, 3.05) is 6.54 Å². The van der Waals surface area contributed by atoms with Crippen molar-refractivity contribution in [2.45, 2.75) is 59.0 Å². The first kappa shape index (κ1) is 24.5. The number of Topliss-reactive ketones (excluding diaryl/α,β-unsaturated/α-hetero) is 1. The van der Waals surface area contributed by atoms with Gasteiger partial charge in [-0.15, -0.1) is 0 Å². The fourth-order valence-corrected chi connectivity index (χ4v) is 4.60. The van der Waals surface area contributed by atoms with Gasteiger partial charge in [-0.1, -0.05) is 62.7 Å². The molecule has 3 aromatic rings. The van der Waals surface area contributed by atoms with Crippen LogP contribution < -0.4 is 0 Å². The monoisotopic (exact) mass is 471 g/mol. The van der Waals surface area contributed by atoms with E-state index in [1.54, 1.807) is 17.4 Å². The minimum atomic E-state index is -0.647. The SMILES string of the molecule is Cc1ccc(C)c(C(O)=C2C(=O)C(=O)N(CCCn3ccnc3)C2c2ccc(C(C)(C)C)cc2)c1. The molecule has 1 unspecified atom stereocenters. The third kappa shape index (κ3) is 4.92. The highest BCUT2D eigenvalue weighted by Gasteiger charge is 2.46. The minimum absolute atomic E-state index is 0.0240.